The number of ether oxygens (including phenoxy) is 2. The molecule has 0 radical (unpaired) electrons. The van der Waals surface area contributed by atoms with Crippen LogP contribution >= 0.6 is 0 Å². The molecule has 10 heteroatoms. The SMILES string of the molecule is CC(C)(C)OC(=O)NCCOc1ccc2nc(C(=O)NCCN(Cc3ccccn3)Cc3ccccn3)ccc2c1. The van der Waals surface area contributed by atoms with Crippen LogP contribution in [-0.4, -0.2) is 63.7 Å². The first-order chi connectivity index (χ1) is 19.7. The Morgan fingerprint density at radius 3 is 2.20 bits per heavy atom. The van der Waals surface area contributed by atoms with Crippen LogP contribution in [0.15, 0.2) is 79.1 Å². The van der Waals surface area contributed by atoms with E-state index in [9.17, 15) is 9.59 Å². The van der Waals surface area contributed by atoms with Crippen LogP contribution in [0.2, 0.25) is 0 Å². The molecule has 0 aliphatic rings. The van der Waals surface area contributed by atoms with Crippen LogP contribution in [0.3, 0.4) is 0 Å². The predicted octanol–water partition coefficient (Wildman–Crippen LogP) is 4.36. The lowest BCUT2D eigenvalue weighted by molar-refractivity contribution is 0.0520. The summed E-state index contributed by atoms with van der Waals surface area (Å²) in [6.45, 7) is 8.38. The van der Waals surface area contributed by atoms with Gasteiger partial charge in [-0.25, -0.2) is 9.78 Å². The number of carbonyl (C=O) groups is 2. The van der Waals surface area contributed by atoms with Crippen molar-refractivity contribution in [2.45, 2.75) is 39.5 Å². The van der Waals surface area contributed by atoms with Crippen LogP contribution in [0.25, 0.3) is 10.9 Å². The number of amides is 2. The molecule has 2 amide bonds. The Bertz CT molecular complexity index is 1390. The van der Waals surface area contributed by atoms with Crippen molar-refractivity contribution in [3.63, 3.8) is 0 Å². The van der Waals surface area contributed by atoms with Crippen LogP contribution in [0.1, 0.15) is 42.6 Å². The molecule has 0 fully saturated rings. The van der Waals surface area contributed by atoms with Gasteiger partial charge >= 0.3 is 6.09 Å². The van der Waals surface area contributed by atoms with Crippen molar-refractivity contribution < 1.29 is 19.1 Å². The van der Waals surface area contributed by atoms with Gasteiger partial charge in [0.15, 0.2) is 0 Å². The average Bonchev–Trinajstić information content (AvgIpc) is 2.95. The van der Waals surface area contributed by atoms with E-state index < -0.39 is 11.7 Å². The van der Waals surface area contributed by atoms with Gasteiger partial charge in [-0.05, 0) is 69.3 Å². The Labute approximate surface area is 240 Å². The van der Waals surface area contributed by atoms with E-state index in [1.54, 1.807) is 24.5 Å². The maximum absolute atomic E-state index is 12.9. The van der Waals surface area contributed by atoms with E-state index in [1.165, 1.54) is 0 Å². The zero-order valence-corrected chi connectivity index (χ0v) is 23.7. The minimum Gasteiger partial charge on any atom is -0.492 e. The Morgan fingerprint density at radius 2 is 1.56 bits per heavy atom. The third-order valence-electron chi connectivity index (χ3n) is 5.87. The third kappa shape index (κ3) is 9.84. The van der Waals surface area contributed by atoms with Gasteiger partial charge in [0.1, 0.15) is 23.7 Å². The molecule has 3 heterocycles. The van der Waals surface area contributed by atoms with Crippen molar-refractivity contribution in [1.29, 1.82) is 0 Å². The van der Waals surface area contributed by atoms with Crippen LogP contribution in [0.4, 0.5) is 4.79 Å². The van der Waals surface area contributed by atoms with Gasteiger partial charge in [-0.1, -0.05) is 18.2 Å². The Kier molecular flexibility index (Phi) is 10.2. The fraction of sp³-hybridized carbons (Fsp3) is 0.323. The first-order valence-corrected chi connectivity index (χ1v) is 13.6. The molecular weight excluding hydrogens is 520 g/mol. The molecule has 2 N–H and O–H groups in total. The minimum absolute atomic E-state index is 0.240. The molecule has 0 bridgehead atoms. The summed E-state index contributed by atoms with van der Waals surface area (Å²) >= 11 is 0. The number of hydrogen-bond acceptors (Lipinski definition) is 8. The Hall–Kier alpha value is -4.57. The van der Waals surface area contributed by atoms with Gasteiger partial charge in [-0.15, -0.1) is 0 Å². The van der Waals surface area contributed by atoms with E-state index in [1.807, 2.05) is 75.4 Å². The van der Waals surface area contributed by atoms with Crippen molar-refractivity contribution in [2.75, 3.05) is 26.2 Å². The first kappa shape index (κ1) is 29.4. The highest BCUT2D eigenvalue weighted by Gasteiger charge is 2.16. The topological polar surface area (TPSA) is 119 Å². The lowest BCUT2D eigenvalue weighted by atomic mass is 10.2. The summed E-state index contributed by atoms with van der Waals surface area (Å²) in [5.41, 5.74) is 2.38. The molecule has 41 heavy (non-hydrogen) atoms. The molecule has 0 saturated carbocycles. The van der Waals surface area contributed by atoms with Crippen LogP contribution in [0.5, 0.6) is 5.75 Å². The summed E-state index contributed by atoms with van der Waals surface area (Å²) in [6.07, 6.45) is 3.07. The normalized spacial score (nSPS) is 11.3. The van der Waals surface area contributed by atoms with Crippen LogP contribution in [-0.2, 0) is 17.8 Å². The Morgan fingerprint density at radius 1 is 0.854 bits per heavy atom. The number of aromatic nitrogens is 3. The Balaban J connectivity index is 1.28. The minimum atomic E-state index is -0.549. The number of pyridine rings is 3. The lowest BCUT2D eigenvalue weighted by Gasteiger charge is -2.21. The van der Waals surface area contributed by atoms with E-state index in [0.29, 0.717) is 49.7 Å². The zero-order chi connectivity index (χ0) is 29.1. The number of alkyl carbamates (subject to hydrolysis) is 1. The van der Waals surface area contributed by atoms with Gasteiger partial charge in [-0.2, -0.15) is 0 Å². The highest BCUT2D eigenvalue weighted by Crippen LogP contribution is 2.20. The van der Waals surface area contributed by atoms with E-state index in [-0.39, 0.29) is 12.5 Å². The molecule has 0 unspecified atom stereocenters. The van der Waals surface area contributed by atoms with E-state index in [0.717, 1.165) is 16.8 Å². The second-order valence-electron chi connectivity index (χ2n) is 10.4. The van der Waals surface area contributed by atoms with Gasteiger partial charge < -0.3 is 20.1 Å². The molecule has 0 saturated heterocycles. The molecule has 4 rings (SSSR count). The van der Waals surface area contributed by atoms with Crippen molar-refractivity contribution in [3.8, 4) is 5.75 Å². The number of nitrogens with zero attached hydrogens (tertiary/aromatic N) is 4. The standard InChI is InChI=1S/C31H36N6O4/c1-31(2,3)41-30(39)35-17-19-40-26-11-13-27-23(20-26)10-12-28(36-27)29(38)34-16-18-37(21-24-8-4-6-14-32-24)22-25-9-5-7-15-33-25/h4-15,20H,16-19,21-22H2,1-3H3,(H,34,38)(H,35,39). The summed E-state index contributed by atoms with van der Waals surface area (Å²) in [5, 5.41) is 6.49. The maximum atomic E-state index is 12.9. The molecule has 3 aromatic heterocycles. The molecule has 1 aromatic carbocycles. The molecule has 0 spiro atoms. The molecule has 0 aliphatic carbocycles. The molecule has 0 aliphatic heterocycles. The molecule has 0 atom stereocenters. The monoisotopic (exact) mass is 556 g/mol. The summed E-state index contributed by atoms with van der Waals surface area (Å²) < 4.78 is 11.0. The summed E-state index contributed by atoms with van der Waals surface area (Å²) in [4.78, 5) is 40.2. The van der Waals surface area contributed by atoms with Crippen molar-refractivity contribution in [2.24, 2.45) is 0 Å². The highest BCUT2D eigenvalue weighted by molar-refractivity contribution is 5.95. The van der Waals surface area contributed by atoms with Gasteiger partial charge in [0.05, 0.1) is 23.4 Å². The van der Waals surface area contributed by atoms with Gasteiger partial charge in [0, 0.05) is 44.0 Å². The smallest absolute Gasteiger partial charge is 0.407 e. The van der Waals surface area contributed by atoms with Gasteiger partial charge in [-0.3, -0.25) is 19.7 Å². The highest BCUT2D eigenvalue weighted by atomic mass is 16.6. The maximum Gasteiger partial charge on any atom is 0.407 e. The fourth-order valence-corrected chi connectivity index (χ4v) is 4.03. The summed E-state index contributed by atoms with van der Waals surface area (Å²) in [7, 11) is 0. The van der Waals surface area contributed by atoms with Crippen LogP contribution in [0, 0.1) is 0 Å². The third-order valence-corrected chi connectivity index (χ3v) is 5.87. The van der Waals surface area contributed by atoms with Crippen molar-refractivity contribution in [1.82, 2.24) is 30.5 Å². The summed E-state index contributed by atoms with van der Waals surface area (Å²) in [6, 6.07) is 20.7. The van der Waals surface area contributed by atoms with Crippen LogP contribution < -0.4 is 15.4 Å². The summed E-state index contributed by atoms with van der Waals surface area (Å²) in [5.74, 6) is 0.402. The molecule has 10 nitrogen and oxygen atoms in total. The number of fused-ring (bicyclic) bond motifs is 1. The van der Waals surface area contributed by atoms with Crippen molar-refractivity contribution >= 4 is 22.9 Å². The lowest BCUT2D eigenvalue weighted by Crippen LogP contribution is -2.35. The van der Waals surface area contributed by atoms with Crippen molar-refractivity contribution in [3.05, 3.63) is 96.2 Å². The molecule has 4 aromatic rings. The predicted molar refractivity (Wildman–Crippen MR) is 156 cm³/mol. The number of benzene rings is 1. The van der Waals surface area contributed by atoms with Gasteiger partial charge in [0.2, 0.25) is 0 Å². The second-order valence-corrected chi connectivity index (χ2v) is 10.4. The van der Waals surface area contributed by atoms with E-state index in [4.69, 9.17) is 9.47 Å². The number of carbonyl (C=O) groups excluding carboxylic acids is 2. The number of rotatable bonds is 12. The number of hydrogen-bond donors (Lipinski definition) is 2. The quantitative estimate of drug-likeness (QED) is 0.247. The van der Waals surface area contributed by atoms with Gasteiger partial charge in [0.25, 0.3) is 5.91 Å². The average molecular weight is 557 g/mol. The molecule has 214 valence electrons. The van der Waals surface area contributed by atoms with E-state index in [2.05, 4.69) is 30.5 Å². The first-order valence-electron chi connectivity index (χ1n) is 13.6. The molecular formula is C31H36N6O4. The number of nitrogens with one attached hydrogen (secondary N) is 2. The van der Waals surface area contributed by atoms with E-state index >= 15 is 0 Å². The zero-order valence-electron chi connectivity index (χ0n) is 23.7. The fourth-order valence-electron chi connectivity index (χ4n) is 4.03. The largest absolute Gasteiger partial charge is 0.492 e. The second kappa shape index (κ2) is 14.2.